The standard InChI is InChI=1S/C16H16N2O3/c1-4-15(19)13(16(20)21)7-10(2)11-5-6-14(18-3)12(8-11)9-17/h4-8,18-19H,2H2,1,3H3,(H,20,21)/b13-7+,15-4+. The monoisotopic (exact) mass is 284 g/mol. The number of nitrogens with one attached hydrogen (secondary N) is 1. The number of aliphatic hydroxyl groups is 1. The van der Waals surface area contributed by atoms with Crippen molar-refractivity contribution >= 4 is 17.2 Å². The summed E-state index contributed by atoms with van der Waals surface area (Å²) in [7, 11) is 1.71. The van der Waals surface area contributed by atoms with E-state index in [2.05, 4.69) is 18.0 Å². The Bertz CT molecular complexity index is 679. The largest absolute Gasteiger partial charge is 0.507 e. The van der Waals surface area contributed by atoms with Crippen LogP contribution in [0.25, 0.3) is 5.57 Å². The average Bonchev–Trinajstić information content (AvgIpc) is 2.50. The number of carboxylic acid groups (broad SMARTS) is 1. The van der Waals surface area contributed by atoms with Gasteiger partial charge in [0, 0.05) is 7.05 Å². The van der Waals surface area contributed by atoms with Crippen LogP contribution in [0.5, 0.6) is 0 Å². The van der Waals surface area contributed by atoms with Gasteiger partial charge in [-0.05, 0) is 42.3 Å². The van der Waals surface area contributed by atoms with Gasteiger partial charge in [-0.3, -0.25) is 0 Å². The smallest absolute Gasteiger partial charge is 0.339 e. The molecule has 1 rings (SSSR count). The van der Waals surface area contributed by atoms with Gasteiger partial charge in [-0.25, -0.2) is 4.79 Å². The fourth-order valence-corrected chi connectivity index (χ4v) is 1.71. The first-order valence-electron chi connectivity index (χ1n) is 6.16. The third kappa shape index (κ3) is 3.74. The zero-order chi connectivity index (χ0) is 16.0. The summed E-state index contributed by atoms with van der Waals surface area (Å²) in [5.41, 5.74) is 1.84. The lowest BCUT2D eigenvalue weighted by atomic mass is 10.0. The minimum Gasteiger partial charge on any atom is -0.507 e. The van der Waals surface area contributed by atoms with Gasteiger partial charge >= 0.3 is 5.97 Å². The summed E-state index contributed by atoms with van der Waals surface area (Å²) in [5, 5.41) is 30.6. The highest BCUT2D eigenvalue weighted by atomic mass is 16.4. The van der Waals surface area contributed by atoms with Crippen molar-refractivity contribution in [2.45, 2.75) is 6.92 Å². The van der Waals surface area contributed by atoms with Crippen molar-refractivity contribution in [3.05, 3.63) is 59.4 Å². The lowest BCUT2D eigenvalue weighted by Gasteiger charge is -2.08. The van der Waals surface area contributed by atoms with Crippen molar-refractivity contribution in [1.82, 2.24) is 0 Å². The molecule has 0 radical (unpaired) electrons. The summed E-state index contributed by atoms with van der Waals surface area (Å²) >= 11 is 0. The molecular formula is C16H16N2O3. The zero-order valence-corrected chi connectivity index (χ0v) is 11.8. The van der Waals surface area contributed by atoms with E-state index >= 15 is 0 Å². The van der Waals surface area contributed by atoms with Crippen LogP contribution in [0.3, 0.4) is 0 Å². The van der Waals surface area contributed by atoms with Crippen molar-refractivity contribution in [3.63, 3.8) is 0 Å². The van der Waals surface area contributed by atoms with Crippen LogP contribution in [0.2, 0.25) is 0 Å². The summed E-state index contributed by atoms with van der Waals surface area (Å²) in [5.74, 6) is -1.59. The fraction of sp³-hybridized carbons (Fsp3) is 0.125. The van der Waals surface area contributed by atoms with Gasteiger partial charge in [0.1, 0.15) is 17.4 Å². The van der Waals surface area contributed by atoms with Crippen LogP contribution < -0.4 is 5.32 Å². The molecule has 0 atom stereocenters. The number of benzene rings is 1. The molecule has 0 saturated carbocycles. The van der Waals surface area contributed by atoms with Crippen LogP contribution in [0, 0.1) is 11.3 Å². The quantitative estimate of drug-likeness (QED) is 0.439. The lowest BCUT2D eigenvalue weighted by Crippen LogP contribution is -2.03. The lowest BCUT2D eigenvalue weighted by molar-refractivity contribution is -0.132. The number of rotatable bonds is 5. The number of hydrogen-bond donors (Lipinski definition) is 3. The first kappa shape index (κ1) is 16.1. The Labute approximate surface area is 123 Å². The molecule has 0 aliphatic rings. The first-order valence-corrected chi connectivity index (χ1v) is 6.16. The molecule has 0 saturated heterocycles. The van der Waals surface area contributed by atoms with E-state index < -0.39 is 5.97 Å². The number of nitriles is 1. The molecule has 5 nitrogen and oxygen atoms in total. The fourth-order valence-electron chi connectivity index (χ4n) is 1.71. The number of carboxylic acids is 1. The number of hydrogen-bond acceptors (Lipinski definition) is 4. The van der Waals surface area contributed by atoms with Gasteiger partial charge < -0.3 is 15.5 Å². The summed E-state index contributed by atoms with van der Waals surface area (Å²) in [4.78, 5) is 11.1. The number of aliphatic hydroxyl groups excluding tert-OH is 1. The van der Waals surface area contributed by atoms with Crippen molar-refractivity contribution in [2.75, 3.05) is 12.4 Å². The molecule has 1 aromatic carbocycles. The molecule has 0 bridgehead atoms. The Hall–Kier alpha value is -3.00. The molecule has 0 spiro atoms. The molecule has 0 aliphatic heterocycles. The molecule has 0 unspecified atom stereocenters. The second-order valence-electron chi connectivity index (χ2n) is 4.18. The van der Waals surface area contributed by atoms with E-state index in [0.29, 0.717) is 22.4 Å². The summed E-state index contributed by atoms with van der Waals surface area (Å²) in [6.07, 6.45) is 2.56. The number of aliphatic carboxylic acids is 1. The molecule has 1 aromatic rings. The minimum atomic E-state index is -1.25. The van der Waals surface area contributed by atoms with Gasteiger partial charge in [0.25, 0.3) is 0 Å². The van der Waals surface area contributed by atoms with Gasteiger partial charge in [-0.15, -0.1) is 0 Å². The van der Waals surface area contributed by atoms with Crippen LogP contribution in [0.1, 0.15) is 18.1 Å². The van der Waals surface area contributed by atoms with Gasteiger partial charge in [0.2, 0.25) is 0 Å². The minimum absolute atomic E-state index is 0.251. The molecule has 5 heteroatoms. The van der Waals surface area contributed by atoms with E-state index in [1.54, 1.807) is 25.2 Å². The van der Waals surface area contributed by atoms with E-state index in [0.717, 1.165) is 0 Å². The maximum absolute atomic E-state index is 11.1. The molecule has 0 heterocycles. The normalized spacial score (nSPS) is 11.7. The van der Waals surface area contributed by atoms with E-state index in [9.17, 15) is 9.90 Å². The van der Waals surface area contributed by atoms with Gasteiger partial charge in [-0.2, -0.15) is 5.26 Å². The molecular weight excluding hydrogens is 268 g/mol. The Balaban J connectivity index is 3.26. The maximum Gasteiger partial charge on any atom is 0.339 e. The number of nitrogens with zero attached hydrogens (tertiary/aromatic N) is 1. The zero-order valence-electron chi connectivity index (χ0n) is 11.8. The van der Waals surface area contributed by atoms with Crippen LogP contribution >= 0.6 is 0 Å². The van der Waals surface area contributed by atoms with Gasteiger partial charge in [0.15, 0.2) is 0 Å². The van der Waals surface area contributed by atoms with Crippen LogP contribution in [0.15, 0.2) is 48.3 Å². The Morgan fingerprint density at radius 1 is 1.43 bits per heavy atom. The molecule has 0 amide bonds. The third-order valence-electron chi connectivity index (χ3n) is 2.88. The van der Waals surface area contributed by atoms with E-state index in [1.165, 1.54) is 19.1 Å². The highest BCUT2D eigenvalue weighted by Crippen LogP contribution is 2.23. The predicted molar refractivity (Wildman–Crippen MR) is 81.8 cm³/mol. The average molecular weight is 284 g/mol. The maximum atomic E-state index is 11.1. The summed E-state index contributed by atoms with van der Waals surface area (Å²) in [6.45, 7) is 5.32. The van der Waals surface area contributed by atoms with E-state index in [-0.39, 0.29) is 11.3 Å². The summed E-state index contributed by atoms with van der Waals surface area (Å²) < 4.78 is 0. The third-order valence-corrected chi connectivity index (χ3v) is 2.88. The van der Waals surface area contributed by atoms with Crippen molar-refractivity contribution in [2.24, 2.45) is 0 Å². The molecule has 108 valence electrons. The van der Waals surface area contributed by atoms with Crippen LogP contribution in [0.4, 0.5) is 5.69 Å². The first-order chi connectivity index (χ1) is 9.94. The highest BCUT2D eigenvalue weighted by molar-refractivity contribution is 5.94. The molecule has 3 N–H and O–H groups in total. The predicted octanol–water partition coefficient (Wildman–Crippen LogP) is 3.09. The molecule has 0 fully saturated rings. The second-order valence-corrected chi connectivity index (χ2v) is 4.18. The van der Waals surface area contributed by atoms with Crippen molar-refractivity contribution < 1.29 is 15.0 Å². The number of carbonyl (C=O) groups is 1. The Morgan fingerprint density at radius 3 is 2.57 bits per heavy atom. The van der Waals surface area contributed by atoms with Gasteiger partial charge in [0.05, 0.1) is 11.3 Å². The van der Waals surface area contributed by atoms with Crippen LogP contribution in [-0.4, -0.2) is 23.2 Å². The van der Waals surface area contributed by atoms with E-state index in [1.807, 2.05) is 0 Å². The highest BCUT2D eigenvalue weighted by Gasteiger charge is 2.13. The molecule has 0 aliphatic carbocycles. The van der Waals surface area contributed by atoms with Crippen molar-refractivity contribution in [3.8, 4) is 6.07 Å². The second kappa shape index (κ2) is 6.96. The van der Waals surface area contributed by atoms with E-state index in [4.69, 9.17) is 10.4 Å². The Kier molecular flexibility index (Phi) is 5.32. The summed E-state index contributed by atoms with van der Waals surface area (Å²) in [6, 6.07) is 7.09. The van der Waals surface area contributed by atoms with Crippen LogP contribution in [-0.2, 0) is 4.79 Å². The van der Waals surface area contributed by atoms with Gasteiger partial charge in [-0.1, -0.05) is 12.6 Å². The molecule has 0 aromatic heterocycles. The van der Waals surface area contributed by atoms with Crippen molar-refractivity contribution in [1.29, 1.82) is 5.26 Å². The topological polar surface area (TPSA) is 93.3 Å². The molecule has 21 heavy (non-hydrogen) atoms. The number of anilines is 1. The number of allylic oxidation sites excluding steroid dienone is 3. The SMILES string of the molecule is C=C(/C=C(C(=O)O)\C(O)=C/C)c1ccc(NC)c(C#N)c1. The Morgan fingerprint density at radius 2 is 2.10 bits per heavy atom.